The molecule has 15 heavy (non-hydrogen) atoms. The van der Waals surface area contributed by atoms with Crippen LogP contribution < -0.4 is 0 Å². The maximum Gasteiger partial charge on any atom is 0.379 e. The van der Waals surface area contributed by atoms with Crippen molar-refractivity contribution in [1.29, 1.82) is 0 Å². The molecule has 0 fully saturated rings. The zero-order chi connectivity index (χ0) is 11.8. The molecule has 0 heterocycles. The molecule has 0 aliphatic carbocycles. The minimum absolute atomic E-state index is 0.108. The molecule has 0 aliphatic rings. The van der Waals surface area contributed by atoms with Gasteiger partial charge in [0.25, 0.3) is 0 Å². The van der Waals surface area contributed by atoms with Crippen molar-refractivity contribution in [2.24, 2.45) is 0 Å². The number of aryl methyl sites for hydroxylation is 1. The van der Waals surface area contributed by atoms with Crippen LogP contribution in [0.5, 0.6) is 0 Å². The molecule has 2 nitrogen and oxygen atoms in total. The Morgan fingerprint density at radius 1 is 1.47 bits per heavy atom. The first-order valence-corrected chi connectivity index (χ1v) is 4.64. The summed E-state index contributed by atoms with van der Waals surface area (Å²) in [6.45, 7) is 1.22. The first-order chi connectivity index (χ1) is 6.78. The van der Waals surface area contributed by atoms with Gasteiger partial charge in [-0.05, 0) is 34.5 Å². The topological polar surface area (TPSA) is 37.3 Å². The Morgan fingerprint density at radius 3 is 2.47 bits per heavy atom. The number of hydrogen-bond acceptors (Lipinski definition) is 1. The number of benzene rings is 1. The van der Waals surface area contributed by atoms with Crippen LogP contribution in [0.4, 0.5) is 13.2 Å². The van der Waals surface area contributed by atoms with Crippen LogP contribution >= 0.6 is 15.9 Å². The van der Waals surface area contributed by atoms with Gasteiger partial charge in [-0.2, -0.15) is 8.78 Å². The van der Waals surface area contributed by atoms with Gasteiger partial charge in [-0.3, -0.25) is 0 Å². The molecule has 82 valence electrons. The molecule has 6 heteroatoms. The first kappa shape index (κ1) is 12.0. The molecule has 1 aromatic carbocycles. The number of aliphatic carboxylic acids is 1. The van der Waals surface area contributed by atoms with Crippen LogP contribution in [0.2, 0.25) is 0 Å². The van der Waals surface area contributed by atoms with E-state index in [-0.39, 0.29) is 10.0 Å². The number of carboxylic acid groups (broad SMARTS) is 1. The van der Waals surface area contributed by atoms with E-state index in [1.165, 1.54) is 19.1 Å². The van der Waals surface area contributed by atoms with Crippen molar-refractivity contribution in [3.05, 3.63) is 33.5 Å². The lowest BCUT2D eigenvalue weighted by Crippen LogP contribution is -2.27. The van der Waals surface area contributed by atoms with Gasteiger partial charge < -0.3 is 5.11 Å². The molecule has 0 aromatic heterocycles. The highest BCUT2D eigenvalue weighted by atomic mass is 79.9. The Labute approximate surface area is 91.8 Å². The smallest absolute Gasteiger partial charge is 0.379 e. The van der Waals surface area contributed by atoms with Gasteiger partial charge in [-0.1, -0.05) is 6.07 Å². The van der Waals surface area contributed by atoms with Crippen molar-refractivity contribution in [1.82, 2.24) is 0 Å². The minimum atomic E-state index is -4.22. The number of hydrogen-bond donors (Lipinski definition) is 1. The summed E-state index contributed by atoms with van der Waals surface area (Å²) in [7, 11) is 0. The Bertz CT molecular complexity index is 418. The quantitative estimate of drug-likeness (QED) is 0.905. The molecule has 0 unspecified atom stereocenters. The van der Waals surface area contributed by atoms with Crippen LogP contribution in [0.15, 0.2) is 16.6 Å². The van der Waals surface area contributed by atoms with E-state index in [1.807, 2.05) is 0 Å². The van der Waals surface area contributed by atoms with Gasteiger partial charge in [0.1, 0.15) is 5.82 Å². The summed E-state index contributed by atoms with van der Waals surface area (Å²) in [5.74, 6) is -7.84. The van der Waals surface area contributed by atoms with Gasteiger partial charge in [-0.15, -0.1) is 0 Å². The van der Waals surface area contributed by atoms with E-state index in [1.54, 1.807) is 0 Å². The van der Waals surface area contributed by atoms with E-state index < -0.39 is 23.3 Å². The van der Waals surface area contributed by atoms with Crippen molar-refractivity contribution in [3.8, 4) is 0 Å². The second-order valence-electron chi connectivity index (χ2n) is 2.93. The van der Waals surface area contributed by atoms with Gasteiger partial charge >= 0.3 is 11.9 Å². The highest BCUT2D eigenvalue weighted by molar-refractivity contribution is 9.10. The SMILES string of the molecule is Cc1ccc(Br)c(F)c1C(F)(F)C(=O)O. The molecular formula is C9H6BrF3O2. The van der Waals surface area contributed by atoms with Gasteiger partial charge in [-0.25, -0.2) is 9.18 Å². The fourth-order valence-corrected chi connectivity index (χ4v) is 1.47. The molecule has 0 atom stereocenters. The summed E-state index contributed by atoms with van der Waals surface area (Å²) in [6.07, 6.45) is 0. The number of carbonyl (C=O) groups is 1. The fraction of sp³-hybridized carbons (Fsp3) is 0.222. The summed E-state index contributed by atoms with van der Waals surface area (Å²) < 4.78 is 39.4. The summed E-state index contributed by atoms with van der Waals surface area (Å²) >= 11 is 2.72. The normalized spacial score (nSPS) is 11.5. The molecule has 0 saturated heterocycles. The van der Waals surface area contributed by atoms with Crippen LogP contribution in [0.3, 0.4) is 0 Å². The van der Waals surface area contributed by atoms with E-state index in [0.717, 1.165) is 0 Å². The predicted molar refractivity (Wildman–Crippen MR) is 50.4 cm³/mol. The molecule has 0 radical (unpaired) electrons. The zero-order valence-electron chi connectivity index (χ0n) is 7.52. The highest BCUT2D eigenvalue weighted by Crippen LogP contribution is 2.35. The van der Waals surface area contributed by atoms with Gasteiger partial charge in [0, 0.05) is 0 Å². The van der Waals surface area contributed by atoms with E-state index in [9.17, 15) is 18.0 Å². The predicted octanol–water partition coefficient (Wildman–Crippen LogP) is 3.07. The molecule has 0 saturated carbocycles. The molecule has 1 N–H and O–H groups in total. The summed E-state index contributed by atoms with van der Waals surface area (Å²) in [6, 6.07) is 2.46. The lowest BCUT2D eigenvalue weighted by molar-refractivity contribution is -0.166. The fourth-order valence-electron chi connectivity index (χ4n) is 1.14. The number of halogens is 4. The highest BCUT2D eigenvalue weighted by Gasteiger charge is 2.45. The summed E-state index contributed by atoms with van der Waals surface area (Å²) in [4.78, 5) is 10.3. The van der Waals surface area contributed by atoms with Crippen LogP contribution in [0, 0.1) is 12.7 Å². The molecule has 1 rings (SSSR count). The molecule has 0 aliphatic heterocycles. The average Bonchev–Trinajstić information content (AvgIpc) is 2.11. The van der Waals surface area contributed by atoms with Gasteiger partial charge in [0.05, 0.1) is 10.0 Å². The molecular weight excluding hydrogens is 277 g/mol. The van der Waals surface area contributed by atoms with Crippen molar-refractivity contribution >= 4 is 21.9 Å². The lowest BCUT2D eigenvalue weighted by atomic mass is 10.0. The average molecular weight is 283 g/mol. The van der Waals surface area contributed by atoms with E-state index >= 15 is 0 Å². The third-order valence-electron chi connectivity index (χ3n) is 1.89. The number of carboxylic acids is 1. The Balaban J connectivity index is 3.49. The third kappa shape index (κ3) is 1.99. The maximum absolute atomic E-state index is 13.3. The minimum Gasteiger partial charge on any atom is -0.477 e. The standard InChI is InChI=1S/C9H6BrF3O2/c1-4-2-3-5(10)7(11)6(4)9(12,13)8(14)15/h2-3H,1H3,(H,14,15). The third-order valence-corrected chi connectivity index (χ3v) is 2.50. The van der Waals surface area contributed by atoms with Crippen LogP contribution in [-0.2, 0) is 10.7 Å². The zero-order valence-corrected chi connectivity index (χ0v) is 9.11. The Hall–Kier alpha value is -1.04. The number of rotatable bonds is 2. The van der Waals surface area contributed by atoms with Crippen LogP contribution in [-0.4, -0.2) is 11.1 Å². The lowest BCUT2D eigenvalue weighted by Gasteiger charge is -2.15. The Kier molecular flexibility index (Phi) is 3.08. The summed E-state index contributed by atoms with van der Waals surface area (Å²) in [5.41, 5.74) is -1.22. The molecule has 0 bridgehead atoms. The van der Waals surface area contributed by atoms with Crippen LogP contribution in [0.1, 0.15) is 11.1 Å². The van der Waals surface area contributed by atoms with Crippen molar-refractivity contribution in [2.75, 3.05) is 0 Å². The Morgan fingerprint density at radius 2 is 2.00 bits per heavy atom. The largest absolute Gasteiger partial charge is 0.477 e. The van der Waals surface area contributed by atoms with Crippen molar-refractivity contribution < 1.29 is 23.1 Å². The van der Waals surface area contributed by atoms with E-state index in [0.29, 0.717) is 0 Å². The molecule has 0 amide bonds. The summed E-state index contributed by atoms with van der Waals surface area (Å²) in [5, 5.41) is 8.30. The van der Waals surface area contributed by atoms with Crippen LogP contribution in [0.25, 0.3) is 0 Å². The van der Waals surface area contributed by atoms with Gasteiger partial charge in [0.15, 0.2) is 0 Å². The molecule has 0 spiro atoms. The van der Waals surface area contributed by atoms with Crippen molar-refractivity contribution in [2.45, 2.75) is 12.8 Å². The molecule has 1 aromatic rings. The van der Waals surface area contributed by atoms with E-state index in [2.05, 4.69) is 15.9 Å². The van der Waals surface area contributed by atoms with Crippen molar-refractivity contribution in [3.63, 3.8) is 0 Å². The first-order valence-electron chi connectivity index (χ1n) is 3.84. The van der Waals surface area contributed by atoms with Gasteiger partial charge in [0.2, 0.25) is 0 Å². The second-order valence-corrected chi connectivity index (χ2v) is 3.79. The second kappa shape index (κ2) is 3.84. The maximum atomic E-state index is 13.3. The monoisotopic (exact) mass is 282 g/mol. The number of alkyl halides is 2. The van der Waals surface area contributed by atoms with E-state index in [4.69, 9.17) is 5.11 Å².